The number of alkyl carbamates (subject to hydrolysis) is 1. The Morgan fingerprint density at radius 2 is 1.73 bits per heavy atom. The lowest BCUT2D eigenvalue weighted by Gasteiger charge is -2.11. The lowest BCUT2D eigenvalue weighted by molar-refractivity contribution is 0.152. The molecule has 1 aromatic carbocycles. The number of nitrogens with one attached hydrogen (secondary N) is 3. The molecule has 122 valence electrons. The van der Waals surface area contributed by atoms with E-state index in [9.17, 15) is 9.59 Å². The second-order valence-corrected chi connectivity index (χ2v) is 4.10. The highest BCUT2D eigenvalue weighted by molar-refractivity contribution is 5.89. The third-order valence-corrected chi connectivity index (χ3v) is 2.60. The molecule has 0 saturated carbocycles. The largest absolute Gasteiger partial charge is 0.493 e. The molecule has 0 aliphatic carbocycles. The maximum absolute atomic E-state index is 11.7. The molecule has 0 unspecified atom stereocenters. The zero-order valence-corrected chi connectivity index (χ0v) is 12.9. The summed E-state index contributed by atoms with van der Waals surface area (Å²) < 4.78 is 14.9. The average Bonchev–Trinajstić information content (AvgIpc) is 2.51. The SMILES string of the molecule is CCOC(=O)NCCNC(=O)Nc1ccc(OC)c(OC)c1. The van der Waals surface area contributed by atoms with Gasteiger partial charge in [0.15, 0.2) is 11.5 Å². The summed E-state index contributed by atoms with van der Waals surface area (Å²) in [5.74, 6) is 1.09. The van der Waals surface area contributed by atoms with Crippen molar-refractivity contribution in [3.05, 3.63) is 18.2 Å². The van der Waals surface area contributed by atoms with Crippen LogP contribution in [-0.2, 0) is 4.74 Å². The zero-order valence-electron chi connectivity index (χ0n) is 12.9. The van der Waals surface area contributed by atoms with Gasteiger partial charge in [0.2, 0.25) is 0 Å². The van der Waals surface area contributed by atoms with Crippen LogP contribution in [0.15, 0.2) is 18.2 Å². The molecule has 0 bridgehead atoms. The molecular weight excluding hydrogens is 290 g/mol. The second kappa shape index (κ2) is 9.32. The minimum atomic E-state index is -0.510. The molecule has 3 amide bonds. The van der Waals surface area contributed by atoms with Crippen LogP contribution in [0.2, 0.25) is 0 Å². The highest BCUT2D eigenvalue weighted by Gasteiger charge is 2.07. The lowest BCUT2D eigenvalue weighted by atomic mass is 10.3. The minimum absolute atomic E-state index is 0.276. The molecule has 0 heterocycles. The number of anilines is 1. The Morgan fingerprint density at radius 3 is 2.36 bits per heavy atom. The fourth-order valence-corrected chi connectivity index (χ4v) is 1.61. The molecule has 0 atom stereocenters. The molecule has 0 radical (unpaired) electrons. The van der Waals surface area contributed by atoms with Crippen molar-refractivity contribution in [3.63, 3.8) is 0 Å². The van der Waals surface area contributed by atoms with Gasteiger partial charge in [-0.25, -0.2) is 9.59 Å². The van der Waals surface area contributed by atoms with Crippen molar-refractivity contribution in [2.45, 2.75) is 6.92 Å². The van der Waals surface area contributed by atoms with Crippen LogP contribution in [0.4, 0.5) is 15.3 Å². The van der Waals surface area contributed by atoms with Gasteiger partial charge in [-0.15, -0.1) is 0 Å². The van der Waals surface area contributed by atoms with Crippen LogP contribution in [0, 0.1) is 0 Å². The Morgan fingerprint density at radius 1 is 1.05 bits per heavy atom. The summed E-state index contributed by atoms with van der Waals surface area (Å²) in [5.41, 5.74) is 0.563. The molecule has 0 fully saturated rings. The first-order valence-electron chi connectivity index (χ1n) is 6.78. The van der Waals surface area contributed by atoms with E-state index < -0.39 is 12.1 Å². The Hall–Kier alpha value is -2.64. The van der Waals surface area contributed by atoms with Crippen molar-refractivity contribution < 1.29 is 23.8 Å². The molecular formula is C14H21N3O5. The smallest absolute Gasteiger partial charge is 0.407 e. The molecule has 0 saturated heterocycles. The predicted octanol–water partition coefficient (Wildman–Crippen LogP) is 1.57. The zero-order chi connectivity index (χ0) is 16.4. The van der Waals surface area contributed by atoms with Crippen molar-refractivity contribution in [1.29, 1.82) is 0 Å². The summed E-state index contributed by atoms with van der Waals surface area (Å²) in [5, 5.41) is 7.75. The summed E-state index contributed by atoms with van der Waals surface area (Å²) in [6, 6.07) is 4.64. The number of amides is 3. The number of benzene rings is 1. The number of hydrogen-bond donors (Lipinski definition) is 3. The third-order valence-electron chi connectivity index (χ3n) is 2.60. The predicted molar refractivity (Wildman–Crippen MR) is 81.6 cm³/mol. The van der Waals surface area contributed by atoms with Gasteiger partial charge in [0, 0.05) is 24.8 Å². The van der Waals surface area contributed by atoms with Gasteiger partial charge in [-0.3, -0.25) is 0 Å². The van der Waals surface area contributed by atoms with Gasteiger partial charge in [0.25, 0.3) is 0 Å². The number of methoxy groups -OCH3 is 2. The van der Waals surface area contributed by atoms with E-state index in [1.165, 1.54) is 14.2 Å². The van der Waals surface area contributed by atoms with E-state index in [2.05, 4.69) is 20.7 Å². The molecule has 22 heavy (non-hydrogen) atoms. The molecule has 1 aromatic rings. The molecule has 1 rings (SSSR count). The Labute approximate surface area is 129 Å². The molecule has 3 N–H and O–H groups in total. The summed E-state index contributed by atoms with van der Waals surface area (Å²) in [6.45, 7) is 2.57. The topological polar surface area (TPSA) is 97.9 Å². The van der Waals surface area contributed by atoms with Crippen LogP contribution < -0.4 is 25.4 Å². The van der Waals surface area contributed by atoms with E-state index in [1.54, 1.807) is 25.1 Å². The highest BCUT2D eigenvalue weighted by atomic mass is 16.5. The number of rotatable bonds is 7. The van der Waals surface area contributed by atoms with Crippen molar-refractivity contribution >= 4 is 17.8 Å². The Bertz CT molecular complexity index is 507. The van der Waals surface area contributed by atoms with Crippen LogP contribution in [0.5, 0.6) is 11.5 Å². The summed E-state index contributed by atoms with van der Waals surface area (Å²) in [7, 11) is 3.05. The van der Waals surface area contributed by atoms with Gasteiger partial charge >= 0.3 is 12.1 Å². The molecule has 8 nitrogen and oxygen atoms in total. The number of carbonyl (C=O) groups is 2. The van der Waals surface area contributed by atoms with Crippen LogP contribution >= 0.6 is 0 Å². The molecule has 0 aliphatic rings. The van der Waals surface area contributed by atoms with Crippen LogP contribution in [-0.4, -0.2) is 46.0 Å². The quantitative estimate of drug-likeness (QED) is 0.664. The lowest BCUT2D eigenvalue weighted by Crippen LogP contribution is -2.37. The van der Waals surface area contributed by atoms with Gasteiger partial charge in [-0.2, -0.15) is 0 Å². The number of carbonyl (C=O) groups excluding carboxylic acids is 2. The number of ether oxygens (including phenoxy) is 3. The Balaban J connectivity index is 2.37. The van der Waals surface area contributed by atoms with Crippen LogP contribution in [0.3, 0.4) is 0 Å². The minimum Gasteiger partial charge on any atom is -0.493 e. The Kier molecular flexibility index (Phi) is 7.38. The van der Waals surface area contributed by atoms with Gasteiger partial charge < -0.3 is 30.2 Å². The monoisotopic (exact) mass is 311 g/mol. The summed E-state index contributed by atoms with van der Waals surface area (Å²) in [4.78, 5) is 22.7. The number of urea groups is 1. The van der Waals surface area contributed by atoms with Crippen LogP contribution in [0.1, 0.15) is 6.92 Å². The average molecular weight is 311 g/mol. The van der Waals surface area contributed by atoms with Gasteiger partial charge in [0.1, 0.15) is 0 Å². The third kappa shape index (κ3) is 5.78. The van der Waals surface area contributed by atoms with E-state index in [0.29, 0.717) is 23.8 Å². The van der Waals surface area contributed by atoms with Crippen molar-refractivity contribution in [3.8, 4) is 11.5 Å². The highest BCUT2D eigenvalue weighted by Crippen LogP contribution is 2.29. The van der Waals surface area contributed by atoms with Gasteiger partial charge in [0.05, 0.1) is 20.8 Å². The summed E-state index contributed by atoms with van der Waals surface area (Å²) in [6.07, 6.45) is -0.510. The van der Waals surface area contributed by atoms with E-state index in [4.69, 9.17) is 9.47 Å². The van der Waals surface area contributed by atoms with E-state index in [1.807, 2.05) is 0 Å². The maximum Gasteiger partial charge on any atom is 0.407 e. The fraction of sp³-hybridized carbons (Fsp3) is 0.429. The van der Waals surface area contributed by atoms with Crippen molar-refractivity contribution in [2.75, 3.05) is 39.2 Å². The van der Waals surface area contributed by atoms with Crippen molar-refractivity contribution in [1.82, 2.24) is 10.6 Å². The first kappa shape index (κ1) is 17.4. The first-order chi connectivity index (χ1) is 10.6. The summed E-state index contributed by atoms with van der Waals surface area (Å²) >= 11 is 0. The second-order valence-electron chi connectivity index (χ2n) is 4.10. The fourth-order valence-electron chi connectivity index (χ4n) is 1.61. The van der Waals surface area contributed by atoms with Crippen molar-refractivity contribution in [2.24, 2.45) is 0 Å². The van der Waals surface area contributed by atoms with E-state index in [0.717, 1.165) is 0 Å². The maximum atomic E-state index is 11.7. The normalized spacial score (nSPS) is 9.59. The van der Waals surface area contributed by atoms with Gasteiger partial charge in [-0.1, -0.05) is 0 Å². The number of hydrogen-bond acceptors (Lipinski definition) is 5. The molecule has 0 aromatic heterocycles. The van der Waals surface area contributed by atoms with E-state index in [-0.39, 0.29) is 13.1 Å². The first-order valence-corrected chi connectivity index (χ1v) is 6.78. The van der Waals surface area contributed by atoms with Gasteiger partial charge in [-0.05, 0) is 19.1 Å². The van der Waals surface area contributed by atoms with Crippen LogP contribution in [0.25, 0.3) is 0 Å². The standard InChI is InChI=1S/C14H21N3O5/c1-4-22-14(19)16-8-7-15-13(18)17-10-5-6-11(20-2)12(9-10)21-3/h5-6,9H,4,7-8H2,1-3H3,(H,16,19)(H2,15,17,18). The molecule has 8 heteroatoms. The molecule has 0 aliphatic heterocycles. The molecule has 0 spiro atoms. The van der Waals surface area contributed by atoms with E-state index >= 15 is 0 Å².